The first-order valence-corrected chi connectivity index (χ1v) is 8.59. The van der Waals surface area contributed by atoms with Gasteiger partial charge in [0, 0.05) is 6.04 Å². The Morgan fingerprint density at radius 3 is 2.61 bits per heavy atom. The van der Waals surface area contributed by atoms with E-state index in [1.54, 1.807) is 4.90 Å². The molecular formula is C12H22N2O3S. The lowest BCUT2D eigenvalue weighted by molar-refractivity contribution is -0.132. The van der Waals surface area contributed by atoms with Crippen molar-refractivity contribution in [2.24, 2.45) is 0 Å². The van der Waals surface area contributed by atoms with E-state index in [0.29, 0.717) is 6.42 Å². The molecule has 0 aromatic heterocycles. The molecule has 2 aliphatic heterocycles. The Bertz CT molecular complexity index is 421. The van der Waals surface area contributed by atoms with Crippen molar-refractivity contribution in [1.82, 2.24) is 10.2 Å². The van der Waals surface area contributed by atoms with E-state index in [2.05, 4.69) is 12.2 Å². The molecule has 1 N–H and O–H groups in total. The van der Waals surface area contributed by atoms with Crippen molar-refractivity contribution in [3.63, 3.8) is 0 Å². The van der Waals surface area contributed by atoms with E-state index in [0.717, 1.165) is 19.3 Å². The summed E-state index contributed by atoms with van der Waals surface area (Å²) in [6, 6.07) is -0.245. The second kappa shape index (κ2) is 5.17. The van der Waals surface area contributed by atoms with Gasteiger partial charge in [0.05, 0.1) is 23.7 Å². The van der Waals surface area contributed by atoms with Crippen LogP contribution in [-0.4, -0.2) is 49.0 Å². The normalized spacial score (nSPS) is 35.3. The molecule has 104 valence electrons. The Balaban J connectivity index is 2.13. The molecule has 3 atom stereocenters. The third-order valence-electron chi connectivity index (χ3n) is 3.85. The fraction of sp³-hybridized carbons (Fsp3) is 0.917. The lowest BCUT2D eigenvalue weighted by Gasteiger charge is -2.28. The molecule has 2 rings (SSSR count). The van der Waals surface area contributed by atoms with E-state index < -0.39 is 9.84 Å². The number of nitrogens with one attached hydrogen (secondary N) is 1. The van der Waals surface area contributed by atoms with Crippen molar-refractivity contribution < 1.29 is 13.2 Å². The number of sulfone groups is 1. The maximum Gasteiger partial charge on any atom is 0.241 e. The molecular weight excluding hydrogens is 252 g/mol. The molecule has 0 radical (unpaired) electrons. The molecule has 2 aliphatic rings. The standard InChI is InChI=1S/C12H22N2O3S/c1-3-5-10-12(15)14(11(4-2)13-10)9-6-7-18(16,17)8-9/h9-11,13H,3-8H2,1-2H3. The van der Waals surface area contributed by atoms with Crippen LogP contribution in [0.15, 0.2) is 0 Å². The number of carbonyl (C=O) groups is 1. The van der Waals surface area contributed by atoms with Gasteiger partial charge in [0.2, 0.25) is 5.91 Å². The number of hydrogen-bond acceptors (Lipinski definition) is 4. The zero-order chi connectivity index (χ0) is 13.3. The van der Waals surface area contributed by atoms with Crippen LogP contribution in [0, 0.1) is 0 Å². The molecule has 0 spiro atoms. The minimum atomic E-state index is -2.94. The van der Waals surface area contributed by atoms with Crippen molar-refractivity contribution in [2.45, 2.75) is 57.8 Å². The second-order valence-electron chi connectivity index (χ2n) is 5.23. The van der Waals surface area contributed by atoms with Crippen LogP contribution in [-0.2, 0) is 14.6 Å². The average molecular weight is 274 g/mol. The van der Waals surface area contributed by atoms with E-state index in [9.17, 15) is 13.2 Å². The van der Waals surface area contributed by atoms with Crippen molar-refractivity contribution in [1.29, 1.82) is 0 Å². The Morgan fingerprint density at radius 2 is 2.11 bits per heavy atom. The van der Waals surface area contributed by atoms with Crippen LogP contribution in [0.25, 0.3) is 0 Å². The molecule has 3 unspecified atom stereocenters. The number of carbonyl (C=O) groups excluding carboxylic acids is 1. The van der Waals surface area contributed by atoms with Gasteiger partial charge < -0.3 is 4.90 Å². The summed E-state index contributed by atoms with van der Waals surface area (Å²) in [6.07, 6.45) is 3.20. The molecule has 2 fully saturated rings. The third kappa shape index (κ3) is 2.54. The highest BCUT2D eigenvalue weighted by atomic mass is 32.2. The molecule has 2 saturated heterocycles. The van der Waals surface area contributed by atoms with Gasteiger partial charge in [0.15, 0.2) is 9.84 Å². The first-order chi connectivity index (χ1) is 8.48. The molecule has 0 aromatic rings. The summed E-state index contributed by atoms with van der Waals surface area (Å²) in [5.74, 6) is 0.442. The van der Waals surface area contributed by atoms with Crippen molar-refractivity contribution in [2.75, 3.05) is 11.5 Å². The molecule has 2 heterocycles. The van der Waals surface area contributed by atoms with E-state index >= 15 is 0 Å². The fourth-order valence-electron chi connectivity index (χ4n) is 2.96. The van der Waals surface area contributed by atoms with Gasteiger partial charge in [-0.05, 0) is 19.3 Å². The Kier molecular flexibility index (Phi) is 3.96. The highest BCUT2D eigenvalue weighted by molar-refractivity contribution is 7.91. The average Bonchev–Trinajstić information content (AvgIpc) is 2.81. The maximum absolute atomic E-state index is 12.3. The van der Waals surface area contributed by atoms with Crippen LogP contribution >= 0.6 is 0 Å². The first-order valence-electron chi connectivity index (χ1n) is 6.77. The second-order valence-corrected chi connectivity index (χ2v) is 7.46. The molecule has 5 nitrogen and oxygen atoms in total. The van der Waals surface area contributed by atoms with Crippen molar-refractivity contribution in [3.8, 4) is 0 Å². The van der Waals surface area contributed by atoms with E-state index in [-0.39, 0.29) is 35.7 Å². The van der Waals surface area contributed by atoms with Gasteiger partial charge in [0.1, 0.15) is 0 Å². The number of nitrogens with zero attached hydrogens (tertiary/aromatic N) is 1. The van der Waals surface area contributed by atoms with Crippen LogP contribution in [0.2, 0.25) is 0 Å². The van der Waals surface area contributed by atoms with Crippen LogP contribution in [0.4, 0.5) is 0 Å². The number of hydrogen-bond donors (Lipinski definition) is 1. The van der Waals surface area contributed by atoms with Gasteiger partial charge >= 0.3 is 0 Å². The summed E-state index contributed by atoms with van der Waals surface area (Å²) in [7, 11) is -2.94. The highest BCUT2D eigenvalue weighted by Gasteiger charge is 2.44. The van der Waals surface area contributed by atoms with Crippen LogP contribution < -0.4 is 5.32 Å². The zero-order valence-corrected chi connectivity index (χ0v) is 11.9. The minimum Gasteiger partial charge on any atom is -0.322 e. The first kappa shape index (κ1) is 13.8. The Labute approximate surface area is 109 Å². The molecule has 0 saturated carbocycles. The summed E-state index contributed by atoms with van der Waals surface area (Å²) in [4.78, 5) is 14.1. The van der Waals surface area contributed by atoms with Crippen LogP contribution in [0.3, 0.4) is 0 Å². The van der Waals surface area contributed by atoms with Crippen molar-refractivity contribution in [3.05, 3.63) is 0 Å². The monoisotopic (exact) mass is 274 g/mol. The molecule has 0 aromatic carbocycles. The fourth-order valence-corrected chi connectivity index (χ4v) is 4.67. The molecule has 6 heteroatoms. The van der Waals surface area contributed by atoms with Gasteiger partial charge in [-0.1, -0.05) is 20.3 Å². The number of rotatable bonds is 4. The predicted molar refractivity (Wildman–Crippen MR) is 69.8 cm³/mol. The minimum absolute atomic E-state index is 0.00681. The maximum atomic E-state index is 12.3. The third-order valence-corrected chi connectivity index (χ3v) is 5.60. The Hall–Kier alpha value is -0.620. The van der Waals surface area contributed by atoms with Gasteiger partial charge in [-0.2, -0.15) is 0 Å². The lowest BCUT2D eigenvalue weighted by Crippen LogP contribution is -2.45. The van der Waals surface area contributed by atoms with E-state index in [1.165, 1.54) is 0 Å². The number of amides is 1. The topological polar surface area (TPSA) is 66.5 Å². The summed E-state index contributed by atoms with van der Waals surface area (Å²) in [5.41, 5.74) is 0. The lowest BCUT2D eigenvalue weighted by atomic mass is 10.1. The SMILES string of the molecule is CCCC1NC(CC)N(C2CCS(=O)(=O)C2)C1=O. The van der Waals surface area contributed by atoms with Gasteiger partial charge in [0.25, 0.3) is 0 Å². The van der Waals surface area contributed by atoms with Crippen molar-refractivity contribution >= 4 is 15.7 Å². The van der Waals surface area contributed by atoms with Crippen LogP contribution in [0.5, 0.6) is 0 Å². The van der Waals surface area contributed by atoms with E-state index in [1.807, 2.05) is 6.92 Å². The molecule has 18 heavy (non-hydrogen) atoms. The molecule has 0 bridgehead atoms. The predicted octanol–water partition coefficient (Wildman–Crippen LogP) is 0.510. The molecule has 0 aliphatic carbocycles. The molecule has 1 amide bonds. The Morgan fingerprint density at radius 1 is 1.39 bits per heavy atom. The smallest absolute Gasteiger partial charge is 0.241 e. The summed E-state index contributed by atoms with van der Waals surface area (Å²) in [6.45, 7) is 4.08. The van der Waals surface area contributed by atoms with Gasteiger partial charge in [-0.15, -0.1) is 0 Å². The quantitative estimate of drug-likeness (QED) is 0.811. The zero-order valence-electron chi connectivity index (χ0n) is 11.1. The highest BCUT2D eigenvalue weighted by Crippen LogP contribution is 2.26. The van der Waals surface area contributed by atoms with Gasteiger partial charge in [-0.3, -0.25) is 10.1 Å². The van der Waals surface area contributed by atoms with Gasteiger partial charge in [-0.25, -0.2) is 8.42 Å². The summed E-state index contributed by atoms with van der Waals surface area (Å²) in [5, 5.41) is 3.33. The summed E-state index contributed by atoms with van der Waals surface area (Å²) >= 11 is 0. The van der Waals surface area contributed by atoms with Crippen LogP contribution in [0.1, 0.15) is 39.5 Å². The summed E-state index contributed by atoms with van der Waals surface area (Å²) < 4.78 is 23.1. The largest absolute Gasteiger partial charge is 0.322 e. The van der Waals surface area contributed by atoms with E-state index in [4.69, 9.17) is 0 Å².